The van der Waals surface area contributed by atoms with E-state index in [9.17, 15) is 14.7 Å². The second-order valence-corrected chi connectivity index (χ2v) is 5.56. The van der Waals surface area contributed by atoms with Crippen molar-refractivity contribution >= 4 is 11.9 Å². The van der Waals surface area contributed by atoms with Crippen molar-refractivity contribution in [2.24, 2.45) is 0 Å². The van der Waals surface area contributed by atoms with Gasteiger partial charge in [-0.25, -0.2) is 0 Å². The number of phenols is 1. The van der Waals surface area contributed by atoms with E-state index in [0.29, 0.717) is 24.2 Å². The number of carboxylic acid groups (broad SMARTS) is 2. The molecular weight excluding hydrogens is 400 g/mol. The Morgan fingerprint density at radius 2 is 1.25 bits per heavy atom. The number of phenolic OH excluding ortho intramolecular Hbond substituents is 1. The van der Waals surface area contributed by atoms with E-state index in [0.717, 1.165) is 5.56 Å². The van der Waals surface area contributed by atoms with Gasteiger partial charge in [0.25, 0.3) is 0 Å². The summed E-state index contributed by atoms with van der Waals surface area (Å²) >= 11 is 0. The fourth-order valence-corrected chi connectivity index (χ4v) is 2.33. The van der Waals surface area contributed by atoms with E-state index in [1.807, 2.05) is 6.92 Å². The van der Waals surface area contributed by atoms with Crippen LogP contribution in [0.1, 0.15) is 16.7 Å². The van der Waals surface area contributed by atoms with E-state index >= 15 is 0 Å². The second-order valence-electron chi connectivity index (χ2n) is 5.56. The van der Waals surface area contributed by atoms with Crippen LogP contribution in [0.2, 0.25) is 0 Å². The van der Waals surface area contributed by atoms with Gasteiger partial charge in [0.1, 0.15) is 5.75 Å². The van der Waals surface area contributed by atoms with Gasteiger partial charge in [-0.3, -0.25) is 19.4 Å². The van der Waals surface area contributed by atoms with Crippen LogP contribution in [-0.2, 0) is 56.8 Å². The monoisotopic (exact) mass is 422 g/mol. The molecule has 0 aromatic heterocycles. The van der Waals surface area contributed by atoms with Gasteiger partial charge in [0.05, 0.1) is 13.1 Å². The van der Waals surface area contributed by atoms with Crippen molar-refractivity contribution in [3.05, 3.63) is 28.8 Å². The van der Waals surface area contributed by atoms with Gasteiger partial charge < -0.3 is 15.3 Å². The number of rotatable bonds is 8. The standard InChI is InChI=1S/C15H22N2O5.2Fe/c1-10-4-11(6-16(2)8-13(18)19)15(22)12(5-10)7-17(3)9-14(20)21;;/h4-5,22H,6-9H2,1-3H3,(H,18,19)(H,20,21);;/q;2*+4. The molecule has 1 aromatic carbocycles. The molecule has 0 spiro atoms. The average Bonchev–Trinajstić information content (AvgIpc) is 2.32. The van der Waals surface area contributed by atoms with Crippen LogP contribution in [0.5, 0.6) is 5.75 Å². The van der Waals surface area contributed by atoms with Crippen molar-refractivity contribution in [2.75, 3.05) is 27.2 Å². The summed E-state index contributed by atoms with van der Waals surface area (Å²) in [5.41, 5.74) is 2.18. The number of aliphatic carboxylic acids is 2. The zero-order chi connectivity index (χ0) is 16.9. The Labute approximate surface area is 162 Å². The molecule has 0 bridgehead atoms. The van der Waals surface area contributed by atoms with Crippen LogP contribution in [0.25, 0.3) is 0 Å². The largest absolute Gasteiger partial charge is 4.00 e. The topological polar surface area (TPSA) is 101 Å². The fraction of sp³-hybridized carbons (Fsp3) is 0.467. The molecule has 7 nitrogen and oxygen atoms in total. The predicted molar refractivity (Wildman–Crippen MR) is 80.8 cm³/mol. The van der Waals surface area contributed by atoms with E-state index in [1.54, 1.807) is 36.0 Å². The molecule has 0 radical (unpaired) electrons. The van der Waals surface area contributed by atoms with Crippen LogP contribution in [0, 0.1) is 6.92 Å². The van der Waals surface area contributed by atoms with E-state index in [1.165, 1.54) is 0 Å². The summed E-state index contributed by atoms with van der Waals surface area (Å²) in [7, 11) is 3.32. The molecule has 0 unspecified atom stereocenters. The van der Waals surface area contributed by atoms with Gasteiger partial charge in [0.2, 0.25) is 0 Å². The first-order chi connectivity index (χ1) is 10.2. The summed E-state index contributed by atoms with van der Waals surface area (Å²) in [6, 6.07) is 3.60. The summed E-state index contributed by atoms with van der Waals surface area (Å²) < 4.78 is 0. The molecule has 0 atom stereocenters. The molecular formula is C15H22Fe2N2O5+8. The number of hydrogen-bond acceptors (Lipinski definition) is 5. The minimum absolute atomic E-state index is 0. The van der Waals surface area contributed by atoms with E-state index in [4.69, 9.17) is 10.2 Å². The number of hydrogen-bond donors (Lipinski definition) is 3. The minimum atomic E-state index is -0.934. The number of benzene rings is 1. The number of carbonyl (C=O) groups is 2. The fourth-order valence-electron chi connectivity index (χ4n) is 2.33. The third kappa shape index (κ3) is 8.68. The molecule has 24 heavy (non-hydrogen) atoms. The van der Waals surface area contributed by atoms with Crippen molar-refractivity contribution in [1.29, 1.82) is 0 Å². The Balaban J connectivity index is 0. The molecule has 0 aliphatic rings. The van der Waals surface area contributed by atoms with Crippen molar-refractivity contribution in [2.45, 2.75) is 20.0 Å². The number of carboxylic acids is 2. The Morgan fingerprint density at radius 3 is 1.54 bits per heavy atom. The maximum absolute atomic E-state index is 10.7. The van der Waals surface area contributed by atoms with E-state index in [2.05, 4.69) is 0 Å². The summed E-state index contributed by atoms with van der Waals surface area (Å²) in [5.74, 6) is -1.79. The van der Waals surface area contributed by atoms with Gasteiger partial charge in [-0.05, 0) is 21.0 Å². The Hall–Kier alpha value is -1.08. The minimum Gasteiger partial charge on any atom is -0.507 e. The number of aromatic hydroxyl groups is 1. The first-order valence-electron chi connectivity index (χ1n) is 6.81. The van der Waals surface area contributed by atoms with Crippen molar-refractivity contribution in [1.82, 2.24) is 9.80 Å². The summed E-state index contributed by atoms with van der Waals surface area (Å²) in [4.78, 5) is 24.6. The van der Waals surface area contributed by atoms with Crippen LogP contribution in [0.4, 0.5) is 0 Å². The number of likely N-dealkylation sites (N-methyl/N-ethyl adjacent to an activating group) is 2. The van der Waals surface area contributed by atoms with Gasteiger partial charge in [0, 0.05) is 24.2 Å². The SMILES string of the molecule is Cc1cc(CN(C)CC(=O)O)c(O)c(CN(C)CC(=O)O)c1.[Fe+4].[Fe+4]. The first kappa shape index (κ1) is 25.2. The van der Waals surface area contributed by atoms with Gasteiger partial charge in [-0.15, -0.1) is 0 Å². The molecule has 1 rings (SSSR count). The first-order valence-corrected chi connectivity index (χ1v) is 6.81. The Kier molecular flexibility index (Phi) is 12.0. The molecule has 0 fully saturated rings. The van der Waals surface area contributed by atoms with Gasteiger partial charge in [-0.2, -0.15) is 0 Å². The van der Waals surface area contributed by atoms with Crippen LogP contribution >= 0.6 is 0 Å². The molecule has 130 valence electrons. The third-order valence-electron chi connectivity index (χ3n) is 3.10. The normalized spacial score (nSPS) is 10.2. The maximum atomic E-state index is 10.7. The van der Waals surface area contributed by atoms with Gasteiger partial charge >= 0.3 is 46.1 Å². The molecule has 0 amide bonds. The molecule has 0 saturated heterocycles. The quantitative estimate of drug-likeness (QED) is 0.532. The smallest absolute Gasteiger partial charge is 0.507 e. The summed E-state index contributed by atoms with van der Waals surface area (Å²) in [6.07, 6.45) is 0. The number of aryl methyl sites for hydroxylation is 1. The Bertz CT molecular complexity index is 524. The summed E-state index contributed by atoms with van der Waals surface area (Å²) in [6.45, 7) is 2.23. The van der Waals surface area contributed by atoms with Crippen molar-refractivity contribution < 1.29 is 59.0 Å². The van der Waals surface area contributed by atoms with E-state index in [-0.39, 0.29) is 53.0 Å². The van der Waals surface area contributed by atoms with Crippen LogP contribution < -0.4 is 0 Å². The third-order valence-corrected chi connectivity index (χ3v) is 3.10. The van der Waals surface area contributed by atoms with Crippen molar-refractivity contribution in [3.63, 3.8) is 0 Å². The molecule has 1 aromatic rings. The zero-order valence-corrected chi connectivity index (χ0v) is 16.0. The Morgan fingerprint density at radius 1 is 0.917 bits per heavy atom. The van der Waals surface area contributed by atoms with Crippen molar-refractivity contribution in [3.8, 4) is 5.75 Å². The van der Waals surface area contributed by atoms with Crippen LogP contribution in [0.15, 0.2) is 12.1 Å². The average molecular weight is 422 g/mol. The molecule has 0 heterocycles. The predicted octanol–water partition coefficient (Wildman–Crippen LogP) is 0.728. The van der Waals surface area contributed by atoms with Crippen LogP contribution in [-0.4, -0.2) is 64.2 Å². The van der Waals surface area contributed by atoms with Gasteiger partial charge in [0.15, 0.2) is 0 Å². The second kappa shape index (κ2) is 11.5. The zero-order valence-electron chi connectivity index (χ0n) is 13.7. The summed E-state index contributed by atoms with van der Waals surface area (Å²) in [5, 5.41) is 27.9. The van der Waals surface area contributed by atoms with Gasteiger partial charge in [-0.1, -0.05) is 17.7 Å². The maximum Gasteiger partial charge on any atom is 4.00 e. The molecule has 0 saturated carbocycles. The van der Waals surface area contributed by atoms with Crippen LogP contribution in [0.3, 0.4) is 0 Å². The van der Waals surface area contributed by atoms with E-state index < -0.39 is 11.9 Å². The molecule has 9 heteroatoms. The molecule has 0 aliphatic heterocycles. The molecule has 3 N–H and O–H groups in total. The number of nitrogens with zero attached hydrogens (tertiary/aromatic N) is 2. The molecule has 0 aliphatic carbocycles.